The van der Waals surface area contributed by atoms with Gasteiger partial charge in [0, 0.05) is 11.9 Å². The van der Waals surface area contributed by atoms with E-state index in [2.05, 4.69) is 11.6 Å². The van der Waals surface area contributed by atoms with Crippen molar-refractivity contribution in [3.63, 3.8) is 0 Å². The Kier molecular flexibility index (Phi) is 2.11. The molecular formula is C9H11N. The van der Waals surface area contributed by atoms with Crippen LogP contribution in [0, 0.1) is 0 Å². The second-order valence-corrected chi connectivity index (χ2v) is 2.05. The van der Waals surface area contributed by atoms with Gasteiger partial charge in [0.15, 0.2) is 0 Å². The molecule has 0 aliphatic rings. The molecule has 0 spiro atoms. The Morgan fingerprint density at radius 3 is 3.00 bits per heavy atom. The Labute approximate surface area is 61.1 Å². The molecule has 1 rings (SSSR count). The molecule has 1 N–H and O–H groups in total. The second kappa shape index (κ2) is 3.06. The van der Waals surface area contributed by atoms with E-state index in [1.54, 1.807) is 0 Å². The van der Waals surface area contributed by atoms with E-state index < -0.39 is 0 Å². The van der Waals surface area contributed by atoms with Gasteiger partial charge in [-0.1, -0.05) is 18.7 Å². The van der Waals surface area contributed by atoms with Crippen molar-refractivity contribution in [3.8, 4) is 0 Å². The summed E-state index contributed by atoms with van der Waals surface area (Å²) < 4.78 is 0. The van der Waals surface area contributed by atoms with Gasteiger partial charge in [-0.15, -0.1) is 0 Å². The molecule has 1 heteroatoms. The van der Waals surface area contributed by atoms with Crippen LogP contribution >= 0.6 is 0 Å². The molecule has 1 aromatic rings. The van der Waals surface area contributed by atoms with Gasteiger partial charge in [0.1, 0.15) is 0 Å². The standard InChI is InChI=1S/C9H11N/c1-3-5-8-6-7-10-9(8)4-2/h3-7,10H,2H2,1H3/b5-3-. The van der Waals surface area contributed by atoms with E-state index in [0.717, 1.165) is 5.69 Å². The zero-order valence-electron chi connectivity index (χ0n) is 6.09. The summed E-state index contributed by atoms with van der Waals surface area (Å²) in [4.78, 5) is 3.07. The van der Waals surface area contributed by atoms with E-state index in [4.69, 9.17) is 0 Å². The molecule has 0 atom stereocenters. The van der Waals surface area contributed by atoms with Crippen molar-refractivity contribution in [2.24, 2.45) is 0 Å². The van der Waals surface area contributed by atoms with Crippen LogP contribution in [0.25, 0.3) is 12.2 Å². The first-order valence-corrected chi connectivity index (χ1v) is 3.31. The molecule has 0 amide bonds. The molecule has 0 radical (unpaired) electrons. The van der Waals surface area contributed by atoms with Crippen molar-refractivity contribution in [2.75, 3.05) is 0 Å². The maximum atomic E-state index is 3.68. The van der Waals surface area contributed by atoms with E-state index in [9.17, 15) is 0 Å². The van der Waals surface area contributed by atoms with Crippen LogP contribution in [0.5, 0.6) is 0 Å². The highest BCUT2D eigenvalue weighted by Gasteiger charge is 1.92. The van der Waals surface area contributed by atoms with Crippen molar-refractivity contribution in [1.82, 2.24) is 4.98 Å². The van der Waals surface area contributed by atoms with Crippen LogP contribution in [0.15, 0.2) is 24.9 Å². The topological polar surface area (TPSA) is 15.8 Å². The minimum Gasteiger partial charge on any atom is -0.361 e. The van der Waals surface area contributed by atoms with Crippen LogP contribution in [-0.2, 0) is 0 Å². The normalized spacial score (nSPS) is 10.5. The molecule has 0 saturated carbocycles. The fraction of sp³-hybridized carbons (Fsp3) is 0.111. The molecule has 1 aromatic heterocycles. The van der Waals surface area contributed by atoms with E-state index in [0.29, 0.717) is 0 Å². The highest BCUT2D eigenvalue weighted by molar-refractivity contribution is 5.61. The number of hydrogen-bond donors (Lipinski definition) is 1. The molecule has 0 fully saturated rings. The van der Waals surface area contributed by atoms with Crippen molar-refractivity contribution in [2.45, 2.75) is 6.92 Å². The lowest BCUT2D eigenvalue weighted by molar-refractivity contribution is 1.37. The lowest BCUT2D eigenvalue weighted by atomic mass is 10.2. The van der Waals surface area contributed by atoms with Gasteiger partial charge >= 0.3 is 0 Å². The van der Waals surface area contributed by atoms with Gasteiger partial charge in [-0.05, 0) is 24.6 Å². The Hall–Kier alpha value is -1.24. The molecule has 1 heterocycles. The third kappa shape index (κ3) is 1.18. The van der Waals surface area contributed by atoms with E-state index in [-0.39, 0.29) is 0 Å². The van der Waals surface area contributed by atoms with E-state index in [1.807, 2.05) is 37.4 Å². The highest BCUT2D eigenvalue weighted by Crippen LogP contribution is 2.09. The summed E-state index contributed by atoms with van der Waals surface area (Å²) in [7, 11) is 0. The maximum absolute atomic E-state index is 3.68. The van der Waals surface area contributed by atoms with Gasteiger partial charge in [-0.25, -0.2) is 0 Å². The van der Waals surface area contributed by atoms with Crippen LogP contribution in [0.3, 0.4) is 0 Å². The van der Waals surface area contributed by atoms with Crippen molar-refractivity contribution in [3.05, 3.63) is 36.2 Å². The number of hydrogen-bond acceptors (Lipinski definition) is 0. The summed E-state index contributed by atoms with van der Waals surface area (Å²) in [6.07, 6.45) is 7.78. The predicted molar refractivity (Wildman–Crippen MR) is 45.6 cm³/mol. The summed E-state index contributed by atoms with van der Waals surface area (Å²) in [6, 6.07) is 2.02. The minimum atomic E-state index is 1.08. The zero-order valence-corrected chi connectivity index (χ0v) is 6.09. The summed E-state index contributed by atoms with van der Waals surface area (Å²) >= 11 is 0. The number of nitrogens with one attached hydrogen (secondary N) is 1. The van der Waals surface area contributed by atoms with Gasteiger partial charge in [0.05, 0.1) is 0 Å². The van der Waals surface area contributed by atoms with Gasteiger partial charge in [0.25, 0.3) is 0 Å². The lowest BCUT2D eigenvalue weighted by Gasteiger charge is -1.87. The quantitative estimate of drug-likeness (QED) is 0.638. The summed E-state index contributed by atoms with van der Waals surface area (Å²) in [6.45, 7) is 5.68. The monoisotopic (exact) mass is 133 g/mol. The third-order valence-electron chi connectivity index (χ3n) is 1.36. The molecular weight excluding hydrogens is 122 g/mol. The Bertz CT molecular complexity index is 243. The Balaban J connectivity index is 3.00. The number of H-pyrrole nitrogens is 1. The van der Waals surface area contributed by atoms with Gasteiger partial charge in [-0.3, -0.25) is 0 Å². The molecule has 0 aliphatic carbocycles. The molecule has 0 aliphatic heterocycles. The smallest absolute Gasteiger partial charge is 0.0447 e. The first-order valence-electron chi connectivity index (χ1n) is 3.31. The Morgan fingerprint density at radius 2 is 2.40 bits per heavy atom. The maximum Gasteiger partial charge on any atom is 0.0447 e. The fourth-order valence-corrected chi connectivity index (χ4v) is 0.896. The molecule has 52 valence electrons. The molecule has 0 saturated heterocycles. The third-order valence-corrected chi connectivity index (χ3v) is 1.36. The van der Waals surface area contributed by atoms with Crippen LogP contribution < -0.4 is 0 Å². The van der Waals surface area contributed by atoms with Crippen LogP contribution in [0.4, 0.5) is 0 Å². The van der Waals surface area contributed by atoms with Gasteiger partial charge in [0.2, 0.25) is 0 Å². The second-order valence-electron chi connectivity index (χ2n) is 2.05. The van der Waals surface area contributed by atoms with Gasteiger partial charge < -0.3 is 4.98 Å². The van der Waals surface area contributed by atoms with Crippen molar-refractivity contribution >= 4 is 12.2 Å². The fourth-order valence-electron chi connectivity index (χ4n) is 0.896. The number of rotatable bonds is 2. The minimum absolute atomic E-state index is 1.08. The highest BCUT2D eigenvalue weighted by atomic mass is 14.7. The number of aromatic nitrogens is 1. The SMILES string of the molecule is C=Cc1[nH]ccc1/C=C\C. The molecule has 1 nitrogen and oxygen atoms in total. The first kappa shape index (κ1) is 6.87. The number of allylic oxidation sites excluding steroid dienone is 1. The predicted octanol–water partition coefficient (Wildman–Crippen LogP) is 2.69. The summed E-state index contributed by atoms with van der Waals surface area (Å²) in [5.74, 6) is 0. The average molecular weight is 133 g/mol. The largest absolute Gasteiger partial charge is 0.361 e. The van der Waals surface area contributed by atoms with Crippen LogP contribution in [0.1, 0.15) is 18.2 Å². The van der Waals surface area contributed by atoms with Crippen molar-refractivity contribution in [1.29, 1.82) is 0 Å². The average Bonchev–Trinajstić information content (AvgIpc) is 2.36. The van der Waals surface area contributed by atoms with Crippen molar-refractivity contribution < 1.29 is 0 Å². The summed E-state index contributed by atoms with van der Waals surface area (Å²) in [5, 5.41) is 0. The summed E-state index contributed by atoms with van der Waals surface area (Å²) in [5.41, 5.74) is 2.27. The van der Waals surface area contributed by atoms with E-state index in [1.165, 1.54) is 5.56 Å². The lowest BCUT2D eigenvalue weighted by Crippen LogP contribution is -1.71. The first-order chi connectivity index (χ1) is 4.88. The Morgan fingerprint density at radius 1 is 1.60 bits per heavy atom. The van der Waals surface area contributed by atoms with Crippen LogP contribution in [-0.4, -0.2) is 4.98 Å². The molecule has 0 bridgehead atoms. The van der Waals surface area contributed by atoms with Gasteiger partial charge in [-0.2, -0.15) is 0 Å². The molecule has 0 aromatic carbocycles. The number of aromatic amines is 1. The van der Waals surface area contributed by atoms with Crippen LogP contribution in [0.2, 0.25) is 0 Å². The zero-order chi connectivity index (χ0) is 7.40. The molecule has 0 unspecified atom stereocenters. The molecule has 10 heavy (non-hydrogen) atoms. The van der Waals surface area contributed by atoms with E-state index >= 15 is 0 Å².